The summed E-state index contributed by atoms with van der Waals surface area (Å²) in [7, 11) is 0. The van der Waals surface area contributed by atoms with Crippen molar-refractivity contribution in [3.8, 4) is 0 Å². The molecule has 0 aromatic carbocycles. The fourth-order valence-corrected chi connectivity index (χ4v) is 0.0962. The van der Waals surface area contributed by atoms with Crippen molar-refractivity contribution < 1.29 is 4.74 Å². The van der Waals surface area contributed by atoms with Gasteiger partial charge >= 0.3 is 0 Å². The lowest BCUT2D eigenvalue weighted by Gasteiger charge is -1.76. The quantitative estimate of drug-likeness (QED) is 0.362. The van der Waals surface area contributed by atoms with Crippen molar-refractivity contribution in [1.29, 1.82) is 0 Å². The van der Waals surface area contributed by atoms with Gasteiger partial charge in [0, 0.05) is 0 Å². The van der Waals surface area contributed by atoms with Gasteiger partial charge in [-0.2, -0.15) is 0 Å². The van der Waals surface area contributed by atoms with Crippen molar-refractivity contribution in [2.75, 3.05) is 0 Å². The minimum absolute atomic E-state index is 1.30. The standard InChI is InChI=1S/C5H6O/c1-3-5-6-4-2/h4-5H,1-2H2. The molecule has 0 unspecified atom stereocenters. The maximum absolute atomic E-state index is 4.45. The van der Waals surface area contributed by atoms with E-state index in [1.807, 2.05) is 0 Å². The van der Waals surface area contributed by atoms with Crippen molar-refractivity contribution >= 4 is 0 Å². The summed E-state index contributed by atoms with van der Waals surface area (Å²) in [5.41, 5.74) is 2.40. The van der Waals surface area contributed by atoms with Gasteiger partial charge in [0.25, 0.3) is 0 Å². The minimum Gasteiger partial charge on any atom is -0.465 e. The van der Waals surface area contributed by atoms with Crippen molar-refractivity contribution in [1.82, 2.24) is 0 Å². The zero-order valence-corrected chi connectivity index (χ0v) is 3.48. The maximum atomic E-state index is 4.45. The lowest BCUT2D eigenvalue weighted by molar-refractivity contribution is 0.406. The summed E-state index contributed by atoms with van der Waals surface area (Å²) in [6.07, 6.45) is 2.63. The lowest BCUT2D eigenvalue weighted by atomic mass is 10.9. The average molecular weight is 82.1 g/mol. The summed E-state index contributed by atoms with van der Waals surface area (Å²) >= 11 is 0. The molecule has 0 saturated heterocycles. The van der Waals surface area contributed by atoms with Crippen molar-refractivity contribution in [2.45, 2.75) is 0 Å². The number of rotatable bonds is 2. The van der Waals surface area contributed by atoms with Gasteiger partial charge in [-0.1, -0.05) is 18.9 Å². The van der Waals surface area contributed by atoms with E-state index in [2.05, 4.69) is 23.6 Å². The molecule has 0 amide bonds. The molecule has 1 heteroatoms. The van der Waals surface area contributed by atoms with Gasteiger partial charge in [-0.25, -0.2) is 0 Å². The number of hydrogen-bond acceptors (Lipinski definition) is 1. The highest BCUT2D eigenvalue weighted by Gasteiger charge is 1.49. The van der Waals surface area contributed by atoms with Crippen LogP contribution in [0.5, 0.6) is 0 Å². The Morgan fingerprint density at radius 3 is 2.50 bits per heavy atom. The van der Waals surface area contributed by atoms with Crippen molar-refractivity contribution in [3.63, 3.8) is 0 Å². The first-order chi connectivity index (χ1) is 2.91. The minimum atomic E-state index is 1.30. The molecule has 1 nitrogen and oxygen atoms in total. The van der Waals surface area contributed by atoms with Crippen LogP contribution in [-0.2, 0) is 4.74 Å². The molecule has 0 spiro atoms. The van der Waals surface area contributed by atoms with Crippen LogP contribution < -0.4 is 0 Å². The molecular formula is C5H6O. The highest BCUT2D eigenvalue weighted by atomic mass is 16.5. The third-order valence-electron chi connectivity index (χ3n) is 0.248. The molecule has 0 heterocycles. The molecule has 0 rings (SSSR count). The zero-order chi connectivity index (χ0) is 4.83. The van der Waals surface area contributed by atoms with E-state index in [9.17, 15) is 0 Å². The van der Waals surface area contributed by atoms with E-state index >= 15 is 0 Å². The molecule has 0 aromatic rings. The normalized spacial score (nSPS) is 5.33. The first kappa shape index (κ1) is 5.06. The molecular weight excluding hydrogens is 76.1 g/mol. The number of hydrogen-bond donors (Lipinski definition) is 0. The molecule has 0 aliphatic rings. The van der Waals surface area contributed by atoms with Gasteiger partial charge in [0.15, 0.2) is 0 Å². The highest BCUT2D eigenvalue weighted by molar-refractivity contribution is 4.67. The van der Waals surface area contributed by atoms with Gasteiger partial charge < -0.3 is 4.74 Å². The summed E-state index contributed by atoms with van der Waals surface area (Å²) in [4.78, 5) is 0. The van der Waals surface area contributed by atoms with Gasteiger partial charge in [0.05, 0.1) is 6.26 Å². The zero-order valence-electron chi connectivity index (χ0n) is 3.48. The molecule has 0 N–H and O–H groups in total. The van der Waals surface area contributed by atoms with E-state index in [1.165, 1.54) is 12.5 Å². The highest BCUT2D eigenvalue weighted by Crippen LogP contribution is 1.68. The first-order valence-corrected chi connectivity index (χ1v) is 1.52. The van der Waals surface area contributed by atoms with Crippen LogP contribution in [0.2, 0.25) is 0 Å². The van der Waals surface area contributed by atoms with E-state index in [1.54, 1.807) is 0 Å². The molecule has 6 heavy (non-hydrogen) atoms. The molecule has 32 valence electrons. The third-order valence-corrected chi connectivity index (χ3v) is 0.248. The first-order valence-electron chi connectivity index (χ1n) is 1.52. The predicted octanol–water partition coefficient (Wildman–Crippen LogP) is 1.45. The van der Waals surface area contributed by atoms with Crippen LogP contribution in [-0.4, -0.2) is 0 Å². The van der Waals surface area contributed by atoms with Crippen LogP contribution >= 0.6 is 0 Å². The fraction of sp³-hybridized carbons (Fsp3) is 0. The SMILES string of the molecule is C=C=COC=C. The van der Waals surface area contributed by atoms with Crippen LogP contribution in [0, 0.1) is 0 Å². The summed E-state index contributed by atoms with van der Waals surface area (Å²) in [6.45, 7) is 6.52. The second kappa shape index (κ2) is 4.06. The van der Waals surface area contributed by atoms with Crippen LogP contribution in [0.3, 0.4) is 0 Å². The Kier molecular flexibility index (Phi) is 3.42. The Balaban J connectivity index is 3.07. The third kappa shape index (κ3) is 3.06. The van der Waals surface area contributed by atoms with Crippen LogP contribution in [0.4, 0.5) is 0 Å². The molecule has 0 aliphatic carbocycles. The van der Waals surface area contributed by atoms with E-state index in [0.29, 0.717) is 0 Å². The monoisotopic (exact) mass is 82.0 g/mol. The summed E-state index contributed by atoms with van der Waals surface area (Å²) in [5, 5.41) is 0. The van der Waals surface area contributed by atoms with Gasteiger partial charge in [-0.15, -0.1) is 0 Å². The topological polar surface area (TPSA) is 9.23 Å². The van der Waals surface area contributed by atoms with Gasteiger partial charge in [-0.05, 0) is 0 Å². The molecule has 0 bridgehead atoms. The molecule has 0 radical (unpaired) electrons. The van der Waals surface area contributed by atoms with E-state index in [0.717, 1.165) is 0 Å². The van der Waals surface area contributed by atoms with Gasteiger partial charge in [-0.3, -0.25) is 0 Å². The summed E-state index contributed by atoms with van der Waals surface area (Å²) in [6, 6.07) is 0. The molecule has 0 fully saturated rings. The van der Waals surface area contributed by atoms with E-state index < -0.39 is 0 Å². The molecule has 0 aliphatic heterocycles. The summed E-state index contributed by atoms with van der Waals surface area (Å²) < 4.78 is 4.45. The second-order valence-corrected chi connectivity index (χ2v) is 0.625. The maximum Gasteiger partial charge on any atom is 0.132 e. The van der Waals surface area contributed by atoms with E-state index in [4.69, 9.17) is 0 Å². The smallest absolute Gasteiger partial charge is 0.132 e. The Hall–Kier alpha value is -0.940. The fourth-order valence-electron chi connectivity index (χ4n) is 0.0962. The Morgan fingerprint density at radius 1 is 1.67 bits per heavy atom. The summed E-state index contributed by atoms with van der Waals surface area (Å²) in [5.74, 6) is 0. The Labute approximate surface area is 37.2 Å². The van der Waals surface area contributed by atoms with Crippen molar-refractivity contribution in [2.24, 2.45) is 0 Å². The van der Waals surface area contributed by atoms with E-state index in [-0.39, 0.29) is 0 Å². The largest absolute Gasteiger partial charge is 0.465 e. The average Bonchev–Trinajstić information content (AvgIpc) is 1.61. The Bertz CT molecular complexity index is 77.9. The Morgan fingerprint density at radius 2 is 2.33 bits per heavy atom. The number of ether oxygens (including phenoxy) is 1. The predicted molar refractivity (Wildman–Crippen MR) is 25.0 cm³/mol. The van der Waals surface area contributed by atoms with Crippen LogP contribution in [0.1, 0.15) is 0 Å². The van der Waals surface area contributed by atoms with Gasteiger partial charge in [0.1, 0.15) is 6.26 Å². The second-order valence-electron chi connectivity index (χ2n) is 0.625. The lowest BCUT2D eigenvalue weighted by Crippen LogP contribution is -1.53. The van der Waals surface area contributed by atoms with Crippen molar-refractivity contribution in [3.05, 3.63) is 31.4 Å². The molecule has 0 atom stereocenters. The van der Waals surface area contributed by atoms with Crippen LogP contribution in [0.25, 0.3) is 0 Å². The molecule has 0 aromatic heterocycles. The van der Waals surface area contributed by atoms with Gasteiger partial charge in [0.2, 0.25) is 0 Å². The van der Waals surface area contributed by atoms with Crippen LogP contribution in [0.15, 0.2) is 31.4 Å². The molecule has 0 saturated carbocycles.